The summed E-state index contributed by atoms with van der Waals surface area (Å²) in [6.45, 7) is 8.90. The smallest absolute Gasteiger partial charge is 0.343 e. The zero-order valence-corrected chi connectivity index (χ0v) is 32.6. The second kappa shape index (κ2) is 24.2. The summed E-state index contributed by atoms with van der Waals surface area (Å²) < 4.78 is 40.3. The van der Waals surface area contributed by atoms with Gasteiger partial charge in [-0.2, -0.15) is 5.11 Å². The molecule has 0 aliphatic carbocycles. The molecule has 4 rings (SSSR count). The van der Waals surface area contributed by atoms with Gasteiger partial charge in [-0.25, -0.2) is 9.59 Å². The number of methoxy groups -OCH3 is 1. The zero-order chi connectivity index (χ0) is 39.1. The highest BCUT2D eigenvalue weighted by molar-refractivity contribution is 5.92. The Morgan fingerprint density at radius 2 is 1.11 bits per heavy atom. The molecule has 4 aromatic rings. The van der Waals surface area contributed by atoms with Gasteiger partial charge in [0.05, 0.1) is 49.8 Å². The molecule has 0 radical (unpaired) electrons. The number of esters is 2. The molecule has 0 aliphatic rings. The Kier molecular flexibility index (Phi) is 18.7. The summed E-state index contributed by atoms with van der Waals surface area (Å²) in [5.74, 6) is 0.850. The predicted octanol–water partition coefficient (Wildman–Crippen LogP) is 10.8. The molecule has 0 bridgehead atoms. The lowest BCUT2D eigenvalue weighted by atomic mass is 10.1. The average Bonchev–Trinajstić information content (AvgIpc) is 3.20. The van der Waals surface area contributed by atoms with Crippen LogP contribution in [0.3, 0.4) is 0 Å². The molecule has 0 heterocycles. The van der Waals surface area contributed by atoms with Crippen molar-refractivity contribution in [3.05, 3.63) is 102 Å². The first-order chi connectivity index (χ1) is 26.9. The average molecular weight is 755 g/mol. The normalized spacial score (nSPS) is 11.1. The van der Waals surface area contributed by atoms with Crippen molar-refractivity contribution in [1.29, 1.82) is 0 Å². The lowest BCUT2D eigenvalue weighted by Gasteiger charge is -2.18. The number of aryl methyl sites for hydroxylation is 1. The third-order valence-electron chi connectivity index (χ3n) is 8.37. The van der Waals surface area contributed by atoms with Crippen molar-refractivity contribution in [3.8, 4) is 28.7 Å². The Morgan fingerprint density at radius 3 is 1.75 bits per heavy atom. The highest BCUT2D eigenvalue weighted by Gasteiger charge is 2.22. The molecule has 0 aromatic heterocycles. The van der Waals surface area contributed by atoms with Gasteiger partial charge in [-0.05, 0) is 92.6 Å². The van der Waals surface area contributed by atoms with Gasteiger partial charge in [-0.3, -0.25) is 0 Å². The van der Waals surface area contributed by atoms with Crippen LogP contribution in [-0.2, 0) is 9.47 Å². The molecule has 0 atom stereocenters. The van der Waals surface area contributed by atoms with Crippen LogP contribution in [0, 0.1) is 6.92 Å². The van der Waals surface area contributed by atoms with E-state index in [4.69, 9.17) is 33.2 Å². The van der Waals surface area contributed by atoms with E-state index in [0.29, 0.717) is 85.1 Å². The molecule has 294 valence electrons. The fourth-order valence-electron chi connectivity index (χ4n) is 5.23. The van der Waals surface area contributed by atoms with Gasteiger partial charge in [-0.15, -0.1) is 5.11 Å². The summed E-state index contributed by atoms with van der Waals surface area (Å²) in [6.07, 6.45) is 8.04. The minimum atomic E-state index is -0.559. The van der Waals surface area contributed by atoms with Gasteiger partial charge in [0.25, 0.3) is 0 Å². The first kappa shape index (κ1) is 42.5. The monoisotopic (exact) mass is 754 g/mol. The molecule has 0 fully saturated rings. The van der Waals surface area contributed by atoms with Crippen molar-refractivity contribution in [2.75, 3.05) is 46.8 Å². The van der Waals surface area contributed by atoms with Crippen LogP contribution >= 0.6 is 0 Å². The number of rotatable bonds is 25. The molecule has 11 heteroatoms. The first-order valence-electron chi connectivity index (χ1n) is 19.2. The van der Waals surface area contributed by atoms with Gasteiger partial charge in [0.2, 0.25) is 5.75 Å². The van der Waals surface area contributed by atoms with E-state index in [1.54, 1.807) is 79.9 Å². The highest BCUT2D eigenvalue weighted by atomic mass is 16.6. The van der Waals surface area contributed by atoms with Crippen molar-refractivity contribution in [3.63, 3.8) is 0 Å². The molecule has 4 aromatic carbocycles. The van der Waals surface area contributed by atoms with Crippen molar-refractivity contribution in [1.82, 2.24) is 0 Å². The third-order valence-corrected chi connectivity index (χ3v) is 8.37. The summed E-state index contributed by atoms with van der Waals surface area (Å²) in [6, 6.07) is 24.0. The minimum Gasteiger partial charge on any atom is -0.491 e. The third kappa shape index (κ3) is 14.8. The lowest BCUT2D eigenvalue weighted by molar-refractivity contribution is 0.0544. The van der Waals surface area contributed by atoms with Crippen LogP contribution in [0.1, 0.15) is 91.5 Å². The van der Waals surface area contributed by atoms with Gasteiger partial charge < -0.3 is 33.2 Å². The first-order valence-corrected chi connectivity index (χ1v) is 19.2. The fourth-order valence-corrected chi connectivity index (χ4v) is 5.23. The van der Waals surface area contributed by atoms with E-state index in [0.717, 1.165) is 56.9 Å². The minimum absolute atomic E-state index is 0.219. The topological polar surface area (TPSA) is 123 Å². The second-order valence-electron chi connectivity index (χ2n) is 12.9. The van der Waals surface area contributed by atoms with Crippen LogP contribution in [0.4, 0.5) is 11.4 Å². The van der Waals surface area contributed by atoms with Gasteiger partial charge in [0, 0.05) is 7.11 Å². The predicted molar refractivity (Wildman–Crippen MR) is 212 cm³/mol. The van der Waals surface area contributed by atoms with Crippen LogP contribution in [0.15, 0.2) is 95.2 Å². The number of azo groups is 1. The van der Waals surface area contributed by atoms with E-state index in [1.807, 2.05) is 19.1 Å². The summed E-state index contributed by atoms with van der Waals surface area (Å²) >= 11 is 0. The number of unbranched alkanes of at least 4 members (excludes halogenated alkanes) is 6. The molecule has 55 heavy (non-hydrogen) atoms. The van der Waals surface area contributed by atoms with Gasteiger partial charge in [0.15, 0.2) is 11.5 Å². The number of carbonyl (C=O) groups excluding carboxylic acids is 2. The van der Waals surface area contributed by atoms with Crippen LogP contribution in [0.25, 0.3) is 0 Å². The van der Waals surface area contributed by atoms with Gasteiger partial charge in [-0.1, -0.05) is 70.1 Å². The van der Waals surface area contributed by atoms with Crippen LogP contribution in [-0.4, -0.2) is 58.7 Å². The SMILES string of the molecule is CCCCCCOc1c(N=Nc2ccc(OC(=O)c3ccc(C)cc3)cc2)ccc(OC(=O)c2ccc(OCCOCCOC)cc2)c1OCCCCCC. The largest absolute Gasteiger partial charge is 0.491 e. The number of hydrogen-bond donors (Lipinski definition) is 0. The Balaban J connectivity index is 1.53. The Bertz CT molecular complexity index is 1760. The van der Waals surface area contributed by atoms with E-state index in [-0.39, 0.29) is 5.75 Å². The summed E-state index contributed by atoms with van der Waals surface area (Å²) in [7, 11) is 1.62. The van der Waals surface area contributed by atoms with Crippen LogP contribution in [0.5, 0.6) is 28.7 Å². The summed E-state index contributed by atoms with van der Waals surface area (Å²) in [5, 5.41) is 8.98. The van der Waals surface area contributed by atoms with Crippen molar-refractivity contribution >= 4 is 23.3 Å². The van der Waals surface area contributed by atoms with Gasteiger partial charge in [0.1, 0.15) is 23.8 Å². The van der Waals surface area contributed by atoms with Crippen molar-refractivity contribution in [2.45, 2.75) is 72.1 Å². The summed E-state index contributed by atoms with van der Waals surface area (Å²) in [5.41, 5.74) is 2.82. The molecule has 0 saturated carbocycles. The Morgan fingerprint density at radius 1 is 0.527 bits per heavy atom. The van der Waals surface area contributed by atoms with Crippen molar-refractivity contribution in [2.24, 2.45) is 10.2 Å². The molecule has 0 unspecified atom stereocenters. The molecule has 0 spiro atoms. The van der Waals surface area contributed by atoms with Gasteiger partial charge >= 0.3 is 11.9 Å². The Hall–Kier alpha value is -5.26. The quantitative estimate of drug-likeness (QED) is 0.0281. The van der Waals surface area contributed by atoms with E-state index < -0.39 is 11.9 Å². The van der Waals surface area contributed by atoms with E-state index in [9.17, 15) is 9.59 Å². The number of benzene rings is 4. The molecule has 0 aliphatic heterocycles. The van der Waals surface area contributed by atoms with Crippen LogP contribution < -0.4 is 23.7 Å². The van der Waals surface area contributed by atoms with E-state index in [2.05, 4.69) is 24.1 Å². The fraction of sp³-hybridized carbons (Fsp3) is 0.409. The van der Waals surface area contributed by atoms with E-state index >= 15 is 0 Å². The molecule has 0 saturated heterocycles. The maximum atomic E-state index is 13.4. The van der Waals surface area contributed by atoms with E-state index in [1.165, 1.54) is 0 Å². The van der Waals surface area contributed by atoms with Crippen LogP contribution in [0.2, 0.25) is 0 Å². The molecule has 0 amide bonds. The number of nitrogens with zero attached hydrogens (tertiary/aromatic N) is 2. The number of hydrogen-bond acceptors (Lipinski definition) is 11. The maximum absolute atomic E-state index is 13.4. The summed E-state index contributed by atoms with van der Waals surface area (Å²) in [4.78, 5) is 26.0. The molecule has 0 N–H and O–H groups in total. The molecule has 11 nitrogen and oxygen atoms in total. The van der Waals surface area contributed by atoms with Crippen molar-refractivity contribution < 1.29 is 42.7 Å². The second-order valence-corrected chi connectivity index (χ2v) is 12.9. The maximum Gasteiger partial charge on any atom is 0.343 e. The Labute approximate surface area is 324 Å². The lowest BCUT2D eigenvalue weighted by Crippen LogP contribution is -2.12. The molecular formula is C44H54N2O9. The standard InChI is InChI=1S/C44H54N2O9/c1-5-7-9-11-27-52-41-39(46-45-36-19-23-38(24-20-36)54-43(47)34-15-13-33(3)14-16-34)25-26-40(42(41)53-28-12-10-8-6-2)55-44(48)35-17-21-37(22-18-35)51-32-31-50-30-29-49-4/h13-26H,5-12,27-32H2,1-4H3. The number of carbonyl (C=O) groups is 2. The molecular weight excluding hydrogens is 700 g/mol. The zero-order valence-electron chi connectivity index (χ0n) is 32.6. The number of ether oxygens (including phenoxy) is 7. The highest BCUT2D eigenvalue weighted by Crippen LogP contribution is 2.46.